The molecule has 0 aliphatic carbocycles. The fourth-order valence-electron chi connectivity index (χ4n) is 7.87. The predicted molar refractivity (Wildman–Crippen MR) is 270 cm³/mol. The number of likely N-dealkylation sites (N-methyl/N-ethyl adjacent to an activating group) is 1. The normalized spacial score (nSPS) is 14.3. The first kappa shape index (κ1) is 61.7. The first-order chi connectivity index (χ1) is 30.5. The highest BCUT2D eigenvalue weighted by Gasteiger charge is 2.24. The van der Waals surface area contributed by atoms with Gasteiger partial charge in [0, 0.05) is 6.42 Å². The first-order valence-electron chi connectivity index (χ1n) is 26.8. The summed E-state index contributed by atoms with van der Waals surface area (Å²) in [5, 5.41) is 13.9. The average molecular weight is 909 g/mol. The van der Waals surface area contributed by atoms with Crippen LogP contribution in [0.2, 0.25) is 0 Å². The molecule has 3 unspecified atom stereocenters. The zero-order chi connectivity index (χ0) is 46.4. The predicted octanol–water partition coefficient (Wildman–Crippen LogP) is 15.2. The molecule has 0 saturated carbocycles. The van der Waals surface area contributed by atoms with Gasteiger partial charge in [0.1, 0.15) is 13.2 Å². The van der Waals surface area contributed by atoms with Crippen molar-refractivity contribution in [3.63, 3.8) is 0 Å². The maximum atomic E-state index is 12.9. The second kappa shape index (κ2) is 45.9. The van der Waals surface area contributed by atoms with Gasteiger partial charge in [0.2, 0.25) is 5.91 Å². The van der Waals surface area contributed by atoms with Gasteiger partial charge in [-0.2, -0.15) is 0 Å². The number of phosphoric ester groups is 1. The van der Waals surface area contributed by atoms with Gasteiger partial charge in [-0.25, -0.2) is 0 Å². The van der Waals surface area contributed by atoms with E-state index in [0.29, 0.717) is 23.9 Å². The number of allylic oxidation sites excluding steroid dienone is 6. The molecule has 0 aromatic heterocycles. The number of phosphoric acid groups is 1. The van der Waals surface area contributed by atoms with Gasteiger partial charge < -0.3 is 28.8 Å². The van der Waals surface area contributed by atoms with E-state index >= 15 is 0 Å². The van der Waals surface area contributed by atoms with Crippen LogP contribution in [0.25, 0.3) is 0 Å². The molecular weight excluding hydrogens is 804 g/mol. The molecule has 0 aromatic carbocycles. The minimum Gasteiger partial charge on any atom is -0.756 e. The van der Waals surface area contributed by atoms with Gasteiger partial charge in [0.15, 0.2) is 0 Å². The van der Waals surface area contributed by atoms with E-state index in [2.05, 4.69) is 55.6 Å². The van der Waals surface area contributed by atoms with Gasteiger partial charge in [-0.1, -0.05) is 230 Å². The van der Waals surface area contributed by atoms with Crippen molar-refractivity contribution in [3.05, 3.63) is 36.5 Å². The maximum Gasteiger partial charge on any atom is 0.268 e. The molecule has 0 heterocycles. The van der Waals surface area contributed by atoms with Gasteiger partial charge in [0.25, 0.3) is 7.82 Å². The second-order valence-electron chi connectivity index (χ2n) is 19.6. The average Bonchev–Trinajstić information content (AvgIpc) is 3.24. The lowest BCUT2D eigenvalue weighted by Crippen LogP contribution is -2.46. The van der Waals surface area contributed by atoms with Crippen molar-refractivity contribution in [2.24, 2.45) is 0 Å². The number of nitrogens with zero attached hydrogens (tertiary/aromatic N) is 1. The van der Waals surface area contributed by atoms with E-state index in [0.717, 1.165) is 51.4 Å². The molecule has 0 radical (unpaired) electrons. The number of carbonyl (C=O) groups excluding carboxylic acids is 1. The number of nitrogens with one attached hydrogen (secondary N) is 1. The highest BCUT2D eigenvalue weighted by atomic mass is 31.2. The summed E-state index contributed by atoms with van der Waals surface area (Å²) < 4.78 is 23.3. The van der Waals surface area contributed by atoms with E-state index in [1.165, 1.54) is 173 Å². The fraction of sp³-hybridized carbons (Fsp3) is 0.870. The molecule has 1 amide bonds. The van der Waals surface area contributed by atoms with Crippen LogP contribution in [0, 0.1) is 0 Å². The Morgan fingerprint density at radius 3 is 1.33 bits per heavy atom. The van der Waals surface area contributed by atoms with Gasteiger partial charge in [-0.05, 0) is 51.4 Å². The quantitative estimate of drug-likeness (QED) is 0.0272. The molecule has 0 saturated heterocycles. The first-order valence-corrected chi connectivity index (χ1v) is 28.3. The van der Waals surface area contributed by atoms with Gasteiger partial charge in [0.05, 0.1) is 39.9 Å². The van der Waals surface area contributed by atoms with E-state index < -0.39 is 20.0 Å². The third-order valence-electron chi connectivity index (χ3n) is 12.1. The summed E-state index contributed by atoms with van der Waals surface area (Å²) in [7, 11) is 1.31. The van der Waals surface area contributed by atoms with Crippen molar-refractivity contribution in [1.29, 1.82) is 0 Å². The van der Waals surface area contributed by atoms with E-state index in [1.807, 2.05) is 21.1 Å². The van der Waals surface area contributed by atoms with Crippen LogP contribution in [-0.4, -0.2) is 68.5 Å². The van der Waals surface area contributed by atoms with Crippen molar-refractivity contribution in [1.82, 2.24) is 5.32 Å². The smallest absolute Gasteiger partial charge is 0.268 e. The Kier molecular flexibility index (Phi) is 44.9. The highest BCUT2D eigenvalue weighted by molar-refractivity contribution is 7.45. The van der Waals surface area contributed by atoms with Crippen LogP contribution in [0.3, 0.4) is 0 Å². The monoisotopic (exact) mass is 909 g/mol. The molecule has 0 spiro atoms. The van der Waals surface area contributed by atoms with Crippen LogP contribution in [0.15, 0.2) is 36.5 Å². The Balaban J connectivity index is 4.07. The molecule has 0 fully saturated rings. The number of rotatable bonds is 49. The number of hydrogen-bond donors (Lipinski definition) is 2. The topological polar surface area (TPSA) is 108 Å². The summed E-state index contributed by atoms with van der Waals surface area (Å²) >= 11 is 0. The Morgan fingerprint density at radius 2 is 0.921 bits per heavy atom. The zero-order valence-electron chi connectivity index (χ0n) is 42.3. The van der Waals surface area contributed by atoms with Crippen molar-refractivity contribution < 1.29 is 32.9 Å². The van der Waals surface area contributed by atoms with Crippen LogP contribution in [0.5, 0.6) is 0 Å². The fourth-order valence-corrected chi connectivity index (χ4v) is 8.59. The van der Waals surface area contributed by atoms with Gasteiger partial charge in [-0.3, -0.25) is 9.36 Å². The molecule has 63 heavy (non-hydrogen) atoms. The van der Waals surface area contributed by atoms with E-state index in [9.17, 15) is 19.4 Å². The number of carbonyl (C=O) groups is 1. The number of quaternary nitrogens is 1. The Bertz CT molecular complexity index is 1120. The lowest BCUT2D eigenvalue weighted by molar-refractivity contribution is -0.870. The molecule has 0 aliphatic rings. The molecule has 3 atom stereocenters. The lowest BCUT2D eigenvalue weighted by Gasteiger charge is -2.30. The third-order valence-corrected chi connectivity index (χ3v) is 13.1. The molecule has 372 valence electrons. The summed E-state index contributed by atoms with van der Waals surface area (Å²) in [4.78, 5) is 25.4. The minimum absolute atomic E-state index is 0.0125. The molecule has 0 aromatic rings. The standard InChI is InChI=1S/C54H105N2O6P/c1-6-8-10-12-14-16-18-20-21-22-23-24-25-26-27-28-29-30-31-32-33-34-35-36-38-40-42-44-46-48-54(58)55-52(51-62-63(59,60)61-50-49-56(3,4)5)53(57)47-45-43-41-39-37-19-17-15-13-11-9-7-2/h18,20,22-23,25-26,52-53,57H,6-17,19,21,24,27-51H2,1-5H3,(H-,55,58,59,60)/b20-18-,23-22-,26-25-. The molecule has 2 N–H and O–H groups in total. The Hall–Kier alpha value is -1.28. The number of aliphatic hydroxyl groups is 1. The van der Waals surface area contributed by atoms with Crippen LogP contribution < -0.4 is 10.2 Å². The minimum atomic E-state index is -4.56. The maximum absolute atomic E-state index is 12.9. The van der Waals surface area contributed by atoms with Crippen LogP contribution in [-0.2, 0) is 18.4 Å². The SMILES string of the molecule is CCCCCCC/C=C\C/C=C\C/C=C\CCCCCCCCCCCCCCCCC(=O)NC(COP(=O)([O-])OCC[N+](C)(C)C)C(O)CCCCCCCCCCCCCC. The molecule has 9 heteroatoms. The van der Waals surface area contributed by atoms with E-state index in [1.54, 1.807) is 0 Å². The number of amides is 1. The number of aliphatic hydroxyl groups excluding tert-OH is 1. The third kappa shape index (κ3) is 48.5. The Labute approximate surface area is 391 Å². The van der Waals surface area contributed by atoms with Crippen molar-refractivity contribution >= 4 is 13.7 Å². The number of hydrogen-bond acceptors (Lipinski definition) is 6. The van der Waals surface area contributed by atoms with Gasteiger partial charge in [-0.15, -0.1) is 0 Å². The largest absolute Gasteiger partial charge is 0.756 e. The lowest BCUT2D eigenvalue weighted by atomic mass is 10.0. The molecular formula is C54H105N2O6P. The summed E-state index contributed by atoms with van der Waals surface area (Å²) in [6.45, 7) is 4.71. The summed E-state index contributed by atoms with van der Waals surface area (Å²) in [6.07, 6.45) is 57.4. The molecule has 8 nitrogen and oxygen atoms in total. The highest BCUT2D eigenvalue weighted by Crippen LogP contribution is 2.38. The van der Waals surface area contributed by atoms with E-state index in [-0.39, 0.29) is 19.1 Å². The molecule has 0 aliphatic heterocycles. The van der Waals surface area contributed by atoms with E-state index in [4.69, 9.17) is 9.05 Å². The summed E-state index contributed by atoms with van der Waals surface area (Å²) in [6, 6.07) is -0.799. The van der Waals surface area contributed by atoms with Crippen LogP contribution in [0.1, 0.15) is 251 Å². The van der Waals surface area contributed by atoms with Crippen LogP contribution >= 0.6 is 7.82 Å². The second-order valence-corrected chi connectivity index (χ2v) is 21.0. The summed E-state index contributed by atoms with van der Waals surface area (Å²) in [5.41, 5.74) is 0. The number of unbranched alkanes of at least 4 members (excludes halogenated alkanes) is 30. The molecule has 0 bridgehead atoms. The zero-order valence-corrected chi connectivity index (χ0v) is 43.2. The molecule has 0 rings (SSSR count). The van der Waals surface area contributed by atoms with Crippen LogP contribution in [0.4, 0.5) is 0 Å². The van der Waals surface area contributed by atoms with Crippen molar-refractivity contribution in [2.45, 2.75) is 264 Å². The van der Waals surface area contributed by atoms with Crippen molar-refractivity contribution in [3.8, 4) is 0 Å². The van der Waals surface area contributed by atoms with Gasteiger partial charge >= 0.3 is 0 Å². The Morgan fingerprint density at radius 1 is 0.556 bits per heavy atom. The van der Waals surface area contributed by atoms with Crippen molar-refractivity contribution in [2.75, 3.05) is 40.9 Å². The summed E-state index contributed by atoms with van der Waals surface area (Å²) in [5.74, 6) is -0.165.